The van der Waals surface area contributed by atoms with Crippen LogP contribution in [0.5, 0.6) is 11.6 Å². The number of carbonyl (C=O) groups is 1. The van der Waals surface area contributed by atoms with Crippen molar-refractivity contribution in [3.8, 4) is 11.6 Å². The summed E-state index contributed by atoms with van der Waals surface area (Å²) in [5.41, 5.74) is 1.76. The minimum Gasteiger partial charge on any atom is -0.469 e. The third-order valence-corrected chi connectivity index (χ3v) is 3.77. The van der Waals surface area contributed by atoms with Gasteiger partial charge in [-0.3, -0.25) is 4.79 Å². The number of hydrogen-bond acceptors (Lipinski definition) is 6. The Balaban J connectivity index is 2.42. The fourth-order valence-corrected chi connectivity index (χ4v) is 2.37. The normalized spacial score (nSPS) is 11.1. The summed E-state index contributed by atoms with van der Waals surface area (Å²) in [6.45, 7) is 6.43. The summed E-state index contributed by atoms with van der Waals surface area (Å²) in [6.07, 6.45) is 1.47. The summed E-state index contributed by atoms with van der Waals surface area (Å²) in [7, 11) is 5.06. The zero-order valence-corrected chi connectivity index (χ0v) is 15.7. The fraction of sp³-hybridized carbons (Fsp3) is 0.421. The van der Waals surface area contributed by atoms with Crippen LogP contribution in [0.3, 0.4) is 0 Å². The van der Waals surface area contributed by atoms with Crippen LogP contribution in [0.25, 0.3) is 0 Å². The molecule has 0 spiro atoms. The van der Waals surface area contributed by atoms with E-state index in [-0.39, 0.29) is 17.8 Å². The largest absolute Gasteiger partial charge is 0.469 e. The lowest BCUT2D eigenvalue weighted by molar-refractivity contribution is -0.139. The molecule has 0 saturated heterocycles. The number of rotatable bonds is 5. The lowest BCUT2D eigenvalue weighted by Crippen LogP contribution is -2.17. The molecule has 2 rings (SSSR count). The molecule has 0 aliphatic heterocycles. The average Bonchev–Trinajstić information content (AvgIpc) is 2.55. The van der Waals surface area contributed by atoms with Crippen LogP contribution in [0.2, 0.25) is 0 Å². The third kappa shape index (κ3) is 4.68. The van der Waals surface area contributed by atoms with Gasteiger partial charge in [-0.2, -0.15) is 0 Å². The number of nitrogens with zero attached hydrogens (tertiary/aromatic N) is 3. The van der Waals surface area contributed by atoms with Crippen molar-refractivity contribution in [2.75, 3.05) is 26.1 Å². The standard InChI is InChI=1S/C19H25N3O3/c1-19(2,3)13-8-7-9-14(10-13)25-18-15(11-16(23)24-6)17(22(4)5)20-12-21-18/h7-10,12H,11H2,1-6H3. The molecule has 0 radical (unpaired) electrons. The number of ether oxygens (including phenoxy) is 2. The molecule has 6 nitrogen and oxygen atoms in total. The van der Waals surface area contributed by atoms with Gasteiger partial charge in [-0.1, -0.05) is 32.9 Å². The van der Waals surface area contributed by atoms with Crippen molar-refractivity contribution in [1.29, 1.82) is 0 Å². The maximum Gasteiger partial charge on any atom is 0.310 e. The lowest BCUT2D eigenvalue weighted by Gasteiger charge is -2.20. The monoisotopic (exact) mass is 343 g/mol. The van der Waals surface area contributed by atoms with Crippen molar-refractivity contribution in [3.05, 3.63) is 41.7 Å². The second-order valence-corrected chi connectivity index (χ2v) is 7.01. The summed E-state index contributed by atoms with van der Waals surface area (Å²) >= 11 is 0. The molecule has 6 heteroatoms. The van der Waals surface area contributed by atoms with Crippen LogP contribution >= 0.6 is 0 Å². The maximum absolute atomic E-state index is 11.8. The zero-order valence-electron chi connectivity index (χ0n) is 15.7. The van der Waals surface area contributed by atoms with Crippen LogP contribution in [-0.2, 0) is 21.4 Å². The summed E-state index contributed by atoms with van der Waals surface area (Å²) < 4.78 is 10.8. The highest BCUT2D eigenvalue weighted by molar-refractivity contribution is 5.75. The molecule has 0 bridgehead atoms. The van der Waals surface area contributed by atoms with Crippen molar-refractivity contribution < 1.29 is 14.3 Å². The van der Waals surface area contributed by atoms with Gasteiger partial charge in [0, 0.05) is 14.1 Å². The number of methoxy groups -OCH3 is 1. The van der Waals surface area contributed by atoms with E-state index in [0.29, 0.717) is 23.0 Å². The van der Waals surface area contributed by atoms with E-state index in [4.69, 9.17) is 9.47 Å². The summed E-state index contributed by atoms with van der Waals surface area (Å²) in [4.78, 5) is 22.1. The molecule has 1 aromatic carbocycles. The second kappa shape index (κ2) is 7.51. The number of anilines is 1. The van der Waals surface area contributed by atoms with E-state index < -0.39 is 0 Å². The van der Waals surface area contributed by atoms with Crippen LogP contribution in [0.15, 0.2) is 30.6 Å². The average molecular weight is 343 g/mol. The van der Waals surface area contributed by atoms with Gasteiger partial charge < -0.3 is 14.4 Å². The van der Waals surface area contributed by atoms with Crippen molar-refractivity contribution in [2.24, 2.45) is 0 Å². The Morgan fingerprint density at radius 2 is 1.92 bits per heavy atom. The Morgan fingerprint density at radius 1 is 1.20 bits per heavy atom. The highest BCUT2D eigenvalue weighted by Crippen LogP contribution is 2.31. The van der Waals surface area contributed by atoms with E-state index in [1.165, 1.54) is 13.4 Å². The number of carbonyl (C=O) groups excluding carboxylic acids is 1. The molecule has 0 unspecified atom stereocenters. The lowest BCUT2D eigenvalue weighted by atomic mass is 9.87. The van der Waals surface area contributed by atoms with Gasteiger partial charge in [-0.25, -0.2) is 9.97 Å². The van der Waals surface area contributed by atoms with Crippen LogP contribution < -0.4 is 9.64 Å². The van der Waals surface area contributed by atoms with E-state index in [2.05, 4.69) is 36.8 Å². The molecule has 1 heterocycles. The molecule has 0 aliphatic carbocycles. The predicted octanol–water partition coefficient (Wildman–Crippen LogP) is 3.35. The van der Waals surface area contributed by atoms with E-state index in [1.54, 1.807) is 0 Å². The van der Waals surface area contributed by atoms with Gasteiger partial charge in [0.25, 0.3) is 0 Å². The van der Waals surface area contributed by atoms with E-state index in [0.717, 1.165) is 5.56 Å². The molecular weight excluding hydrogens is 318 g/mol. The van der Waals surface area contributed by atoms with Crippen molar-refractivity contribution in [3.63, 3.8) is 0 Å². The molecule has 0 fully saturated rings. The first-order chi connectivity index (χ1) is 11.7. The van der Waals surface area contributed by atoms with Gasteiger partial charge in [-0.05, 0) is 23.1 Å². The molecule has 0 saturated carbocycles. The van der Waals surface area contributed by atoms with Gasteiger partial charge >= 0.3 is 5.97 Å². The van der Waals surface area contributed by atoms with Gasteiger partial charge in [0.1, 0.15) is 17.9 Å². The number of aromatic nitrogens is 2. The summed E-state index contributed by atoms with van der Waals surface area (Å²) in [5.74, 6) is 1.28. The first-order valence-corrected chi connectivity index (χ1v) is 8.08. The quantitative estimate of drug-likeness (QED) is 0.776. The smallest absolute Gasteiger partial charge is 0.310 e. The number of benzene rings is 1. The van der Waals surface area contributed by atoms with Crippen molar-refractivity contribution >= 4 is 11.8 Å². The first-order valence-electron chi connectivity index (χ1n) is 8.08. The molecular formula is C19H25N3O3. The van der Waals surface area contributed by atoms with E-state index in [9.17, 15) is 4.79 Å². The summed E-state index contributed by atoms with van der Waals surface area (Å²) in [5, 5.41) is 0. The Morgan fingerprint density at radius 3 is 2.52 bits per heavy atom. The van der Waals surface area contributed by atoms with Crippen molar-refractivity contribution in [1.82, 2.24) is 9.97 Å². The minimum atomic E-state index is -0.369. The van der Waals surface area contributed by atoms with Gasteiger partial charge in [0.2, 0.25) is 5.88 Å². The molecule has 134 valence electrons. The molecule has 1 aromatic heterocycles. The predicted molar refractivity (Wildman–Crippen MR) is 97.3 cm³/mol. The zero-order chi connectivity index (χ0) is 18.6. The molecule has 0 N–H and O–H groups in total. The highest BCUT2D eigenvalue weighted by Gasteiger charge is 2.20. The Kier molecular flexibility index (Phi) is 5.62. The Hall–Kier alpha value is -2.63. The van der Waals surface area contributed by atoms with E-state index >= 15 is 0 Å². The molecule has 0 amide bonds. The van der Waals surface area contributed by atoms with Crippen molar-refractivity contribution in [2.45, 2.75) is 32.6 Å². The molecule has 0 aliphatic rings. The minimum absolute atomic E-state index is 0.00862. The highest BCUT2D eigenvalue weighted by atomic mass is 16.5. The second-order valence-electron chi connectivity index (χ2n) is 7.01. The Labute approximate surface area is 148 Å². The SMILES string of the molecule is COC(=O)Cc1c(Oc2cccc(C(C)(C)C)c2)ncnc1N(C)C. The number of hydrogen-bond donors (Lipinski definition) is 0. The first kappa shape index (κ1) is 18.7. The van der Waals surface area contributed by atoms with Crippen LogP contribution in [0, 0.1) is 0 Å². The van der Waals surface area contributed by atoms with Crippen LogP contribution in [0.1, 0.15) is 31.9 Å². The maximum atomic E-state index is 11.8. The van der Waals surface area contributed by atoms with E-state index in [1.807, 2.05) is 37.2 Å². The van der Waals surface area contributed by atoms with Crippen LogP contribution in [-0.4, -0.2) is 37.1 Å². The Bertz CT molecular complexity index is 752. The molecule has 2 aromatic rings. The summed E-state index contributed by atoms with van der Waals surface area (Å²) in [6, 6.07) is 7.87. The fourth-order valence-electron chi connectivity index (χ4n) is 2.37. The molecule has 0 atom stereocenters. The molecule has 25 heavy (non-hydrogen) atoms. The number of esters is 1. The topological polar surface area (TPSA) is 64.5 Å². The van der Waals surface area contributed by atoms with Gasteiger partial charge in [-0.15, -0.1) is 0 Å². The van der Waals surface area contributed by atoms with Gasteiger partial charge in [0.15, 0.2) is 0 Å². The third-order valence-electron chi connectivity index (χ3n) is 3.77. The van der Waals surface area contributed by atoms with Gasteiger partial charge in [0.05, 0.1) is 19.1 Å². The van der Waals surface area contributed by atoms with Crippen LogP contribution in [0.4, 0.5) is 5.82 Å².